The zero-order valence-corrected chi connectivity index (χ0v) is 7.50. The Balaban J connectivity index is 2.29. The van der Waals surface area contributed by atoms with Crippen molar-refractivity contribution in [2.24, 2.45) is 0 Å². The molecule has 12 heavy (non-hydrogen) atoms. The molecule has 0 aliphatic heterocycles. The van der Waals surface area contributed by atoms with Gasteiger partial charge in [-0.1, -0.05) is 19.0 Å². The van der Waals surface area contributed by atoms with E-state index in [2.05, 4.69) is 17.6 Å². The van der Waals surface area contributed by atoms with Crippen molar-refractivity contribution in [3.05, 3.63) is 18.2 Å². The Labute approximate surface area is 76.2 Å². The normalized spacial score (nSPS) is 17.4. The quantitative estimate of drug-likeness (QED) is 0.674. The van der Waals surface area contributed by atoms with E-state index < -0.39 is 0 Å². The molecule has 0 amide bonds. The predicted octanol–water partition coefficient (Wildman–Crippen LogP) is 2.05. The summed E-state index contributed by atoms with van der Waals surface area (Å²) >= 11 is 3.76. The Hall–Kier alpha value is -0.770. The van der Waals surface area contributed by atoms with Gasteiger partial charge in [0.15, 0.2) is 0 Å². The van der Waals surface area contributed by atoms with Crippen LogP contribution in [0, 0.1) is 0 Å². The number of hydrogen-bond acceptors (Lipinski definition) is 2. The van der Waals surface area contributed by atoms with Gasteiger partial charge in [0.2, 0.25) is 0 Å². The maximum Gasteiger partial charge on any atom is 0.288 e. The molecule has 1 aromatic heterocycles. The van der Waals surface area contributed by atoms with Gasteiger partial charge in [-0.15, -0.1) is 0 Å². The molecule has 1 aromatic rings. The minimum absolute atomic E-state index is 0.241. The van der Waals surface area contributed by atoms with Crippen LogP contribution in [0.4, 0.5) is 4.79 Å². The van der Waals surface area contributed by atoms with E-state index in [9.17, 15) is 4.79 Å². The van der Waals surface area contributed by atoms with E-state index in [4.69, 9.17) is 0 Å². The van der Waals surface area contributed by atoms with Crippen molar-refractivity contribution in [3.63, 3.8) is 0 Å². The summed E-state index contributed by atoms with van der Waals surface area (Å²) < 4.78 is 1.52. The molecule has 2 rings (SSSR count). The summed E-state index contributed by atoms with van der Waals surface area (Å²) in [6.07, 6.45) is 6.90. The Morgan fingerprint density at radius 1 is 1.67 bits per heavy atom. The Bertz CT molecular complexity index is 304. The van der Waals surface area contributed by atoms with Crippen molar-refractivity contribution in [2.45, 2.75) is 25.2 Å². The average Bonchev–Trinajstić information content (AvgIpc) is 2.31. The number of thiol groups is 1. The van der Waals surface area contributed by atoms with Gasteiger partial charge in [0, 0.05) is 17.8 Å². The number of imidazole rings is 1. The highest BCUT2D eigenvalue weighted by Gasteiger charge is 2.23. The maximum absolute atomic E-state index is 11.0. The minimum Gasteiger partial charge on any atom is -0.264 e. The summed E-state index contributed by atoms with van der Waals surface area (Å²) in [5, 5.41) is -0.241. The second-order valence-electron chi connectivity index (χ2n) is 3.10. The van der Waals surface area contributed by atoms with Crippen LogP contribution in [0.15, 0.2) is 12.5 Å². The summed E-state index contributed by atoms with van der Waals surface area (Å²) in [6, 6.07) is 0. The first kappa shape index (κ1) is 7.86. The van der Waals surface area contributed by atoms with Gasteiger partial charge in [-0.25, -0.2) is 4.98 Å². The predicted molar refractivity (Wildman–Crippen MR) is 48.6 cm³/mol. The molecule has 1 saturated carbocycles. The van der Waals surface area contributed by atoms with Gasteiger partial charge < -0.3 is 0 Å². The third-order valence-electron chi connectivity index (χ3n) is 2.40. The summed E-state index contributed by atoms with van der Waals surface area (Å²) in [5.74, 6) is 0.531. The summed E-state index contributed by atoms with van der Waals surface area (Å²) in [5.41, 5.74) is 1.02. The topological polar surface area (TPSA) is 34.9 Å². The lowest BCUT2D eigenvalue weighted by molar-refractivity contribution is 0.260. The van der Waals surface area contributed by atoms with Crippen LogP contribution in [0.5, 0.6) is 0 Å². The molecule has 0 N–H and O–H groups in total. The Morgan fingerprint density at radius 2 is 2.42 bits per heavy atom. The molecular formula is C8H10N2OS. The third kappa shape index (κ3) is 1.16. The molecule has 1 aliphatic carbocycles. The van der Waals surface area contributed by atoms with E-state index in [1.807, 2.05) is 0 Å². The van der Waals surface area contributed by atoms with Crippen LogP contribution >= 0.6 is 12.6 Å². The van der Waals surface area contributed by atoms with Gasteiger partial charge in [-0.05, 0) is 12.8 Å². The van der Waals surface area contributed by atoms with Crippen molar-refractivity contribution in [2.75, 3.05) is 0 Å². The molecule has 0 radical (unpaired) electrons. The number of carbonyl (C=O) groups excluding carboxylic acids is 1. The lowest BCUT2D eigenvalue weighted by atomic mass is 9.83. The fourth-order valence-electron chi connectivity index (χ4n) is 1.47. The van der Waals surface area contributed by atoms with Gasteiger partial charge in [0.25, 0.3) is 5.24 Å². The first-order valence-corrected chi connectivity index (χ1v) is 4.49. The van der Waals surface area contributed by atoms with E-state index in [1.54, 1.807) is 6.20 Å². The second kappa shape index (κ2) is 2.94. The standard InChI is InChI=1S/C8H10N2OS/c11-8(12)10-5-9-4-7(10)6-2-1-3-6/h4-6H,1-3H2,(H,11,12). The molecule has 1 heterocycles. The van der Waals surface area contributed by atoms with Crippen molar-refractivity contribution in [1.29, 1.82) is 0 Å². The van der Waals surface area contributed by atoms with Crippen LogP contribution in [0.1, 0.15) is 30.9 Å². The average molecular weight is 182 g/mol. The Kier molecular flexibility index (Phi) is 1.92. The van der Waals surface area contributed by atoms with E-state index in [-0.39, 0.29) is 5.24 Å². The van der Waals surface area contributed by atoms with Gasteiger partial charge in [-0.2, -0.15) is 0 Å². The number of hydrogen-bond donors (Lipinski definition) is 1. The zero-order chi connectivity index (χ0) is 8.55. The molecule has 1 aliphatic rings. The molecule has 3 nitrogen and oxygen atoms in total. The molecule has 0 saturated heterocycles. The fourth-order valence-corrected chi connectivity index (χ4v) is 1.64. The largest absolute Gasteiger partial charge is 0.288 e. The minimum atomic E-state index is -0.241. The Morgan fingerprint density at radius 3 is 2.92 bits per heavy atom. The van der Waals surface area contributed by atoms with E-state index in [1.165, 1.54) is 30.2 Å². The van der Waals surface area contributed by atoms with Crippen molar-refractivity contribution >= 4 is 17.9 Å². The molecule has 64 valence electrons. The number of rotatable bonds is 1. The zero-order valence-electron chi connectivity index (χ0n) is 6.60. The molecule has 0 atom stereocenters. The molecule has 0 aromatic carbocycles. The van der Waals surface area contributed by atoms with Crippen LogP contribution in [-0.4, -0.2) is 14.8 Å². The van der Waals surface area contributed by atoms with Gasteiger partial charge in [-0.3, -0.25) is 9.36 Å². The monoisotopic (exact) mass is 182 g/mol. The first-order chi connectivity index (χ1) is 5.79. The molecular weight excluding hydrogens is 172 g/mol. The summed E-state index contributed by atoms with van der Waals surface area (Å²) in [7, 11) is 0. The number of nitrogens with zero attached hydrogens (tertiary/aromatic N) is 2. The van der Waals surface area contributed by atoms with Gasteiger partial charge in [0.05, 0.1) is 0 Å². The lowest BCUT2D eigenvalue weighted by Crippen LogP contribution is -2.15. The smallest absolute Gasteiger partial charge is 0.264 e. The SMILES string of the molecule is O=C(S)n1cncc1C1CCC1. The molecule has 0 bridgehead atoms. The molecule has 0 spiro atoms. The highest BCUT2D eigenvalue weighted by Crippen LogP contribution is 2.36. The number of carbonyl (C=O) groups is 1. The van der Waals surface area contributed by atoms with Crippen LogP contribution in [0.25, 0.3) is 0 Å². The first-order valence-electron chi connectivity index (χ1n) is 4.04. The summed E-state index contributed by atoms with van der Waals surface area (Å²) in [6.45, 7) is 0. The van der Waals surface area contributed by atoms with Gasteiger partial charge >= 0.3 is 0 Å². The third-order valence-corrected chi connectivity index (χ3v) is 2.61. The van der Waals surface area contributed by atoms with Crippen LogP contribution < -0.4 is 0 Å². The number of aromatic nitrogens is 2. The van der Waals surface area contributed by atoms with Crippen molar-refractivity contribution < 1.29 is 4.79 Å². The van der Waals surface area contributed by atoms with Crippen molar-refractivity contribution in [1.82, 2.24) is 9.55 Å². The highest BCUT2D eigenvalue weighted by molar-refractivity contribution is 7.96. The molecule has 1 fully saturated rings. The van der Waals surface area contributed by atoms with Crippen molar-refractivity contribution in [3.8, 4) is 0 Å². The highest BCUT2D eigenvalue weighted by atomic mass is 32.1. The van der Waals surface area contributed by atoms with Gasteiger partial charge in [0.1, 0.15) is 6.33 Å². The fraction of sp³-hybridized carbons (Fsp3) is 0.500. The second-order valence-corrected chi connectivity index (χ2v) is 3.48. The van der Waals surface area contributed by atoms with E-state index in [0.717, 1.165) is 5.69 Å². The van der Waals surface area contributed by atoms with E-state index in [0.29, 0.717) is 5.92 Å². The van der Waals surface area contributed by atoms with Crippen LogP contribution in [-0.2, 0) is 0 Å². The molecule has 4 heteroatoms. The van der Waals surface area contributed by atoms with Crippen LogP contribution in [0.3, 0.4) is 0 Å². The molecule has 0 unspecified atom stereocenters. The van der Waals surface area contributed by atoms with E-state index >= 15 is 0 Å². The maximum atomic E-state index is 11.0. The lowest BCUT2D eigenvalue weighted by Gasteiger charge is -2.25. The van der Waals surface area contributed by atoms with Crippen LogP contribution in [0.2, 0.25) is 0 Å². The summed E-state index contributed by atoms with van der Waals surface area (Å²) in [4.78, 5) is 14.9.